The fraction of sp³-hybridized carbons (Fsp3) is 0.333. The van der Waals surface area contributed by atoms with Crippen molar-refractivity contribution in [3.63, 3.8) is 0 Å². The molecule has 0 radical (unpaired) electrons. The van der Waals surface area contributed by atoms with Crippen LogP contribution in [0.25, 0.3) is 10.8 Å². The van der Waals surface area contributed by atoms with E-state index in [1.54, 1.807) is 0 Å². The van der Waals surface area contributed by atoms with Crippen molar-refractivity contribution in [2.45, 2.75) is 13.3 Å². The van der Waals surface area contributed by atoms with Gasteiger partial charge in [0.05, 0.1) is 13.2 Å². The Bertz CT molecular complexity index is 511. The van der Waals surface area contributed by atoms with Gasteiger partial charge in [0.2, 0.25) is 0 Å². The molecule has 0 aliphatic carbocycles. The summed E-state index contributed by atoms with van der Waals surface area (Å²) in [5, 5.41) is 2.31. The smallest absolute Gasteiger partial charge is 0.119 e. The summed E-state index contributed by atoms with van der Waals surface area (Å²) in [7, 11) is 0. The van der Waals surface area contributed by atoms with Gasteiger partial charge < -0.3 is 9.47 Å². The molecule has 2 nitrogen and oxygen atoms in total. The van der Waals surface area contributed by atoms with Gasteiger partial charge in [-0.1, -0.05) is 12.1 Å². The lowest BCUT2D eigenvalue weighted by Gasteiger charge is -2.08. The molecule has 0 aliphatic heterocycles. The highest BCUT2D eigenvalue weighted by atomic mass is 35.5. The van der Waals surface area contributed by atoms with Crippen molar-refractivity contribution in [2.75, 3.05) is 19.1 Å². The van der Waals surface area contributed by atoms with Crippen molar-refractivity contribution in [2.24, 2.45) is 0 Å². The van der Waals surface area contributed by atoms with Crippen molar-refractivity contribution in [1.82, 2.24) is 0 Å². The molecule has 0 amide bonds. The molecule has 18 heavy (non-hydrogen) atoms. The van der Waals surface area contributed by atoms with Crippen molar-refractivity contribution >= 4 is 22.4 Å². The van der Waals surface area contributed by atoms with E-state index in [1.807, 2.05) is 37.3 Å². The maximum absolute atomic E-state index is 5.62. The van der Waals surface area contributed by atoms with Gasteiger partial charge in [-0.2, -0.15) is 0 Å². The predicted octanol–water partition coefficient (Wildman–Crippen LogP) is 4.25. The highest BCUT2D eigenvalue weighted by molar-refractivity contribution is 6.17. The minimum Gasteiger partial charge on any atom is -0.494 e. The van der Waals surface area contributed by atoms with E-state index in [9.17, 15) is 0 Å². The van der Waals surface area contributed by atoms with Gasteiger partial charge in [0, 0.05) is 5.88 Å². The number of hydrogen-bond donors (Lipinski definition) is 0. The molecule has 2 aromatic rings. The largest absolute Gasteiger partial charge is 0.494 e. The molecule has 0 saturated carbocycles. The second-order valence-corrected chi connectivity index (χ2v) is 4.37. The molecule has 0 aliphatic rings. The number of halogens is 1. The number of benzene rings is 2. The molecule has 96 valence electrons. The van der Waals surface area contributed by atoms with Crippen molar-refractivity contribution in [3.8, 4) is 11.5 Å². The average Bonchev–Trinajstić information content (AvgIpc) is 2.39. The molecular weight excluding hydrogens is 248 g/mol. The third-order valence-electron chi connectivity index (χ3n) is 2.64. The highest BCUT2D eigenvalue weighted by Gasteiger charge is 2.00. The maximum atomic E-state index is 5.62. The SMILES string of the molecule is CCOc1ccc2cc(OCCCCl)ccc2c1. The fourth-order valence-corrected chi connectivity index (χ4v) is 1.90. The molecule has 0 N–H and O–H groups in total. The summed E-state index contributed by atoms with van der Waals surface area (Å²) in [6.07, 6.45) is 0.864. The molecule has 0 atom stereocenters. The summed E-state index contributed by atoms with van der Waals surface area (Å²) < 4.78 is 11.1. The fourth-order valence-electron chi connectivity index (χ4n) is 1.79. The van der Waals surface area contributed by atoms with Gasteiger partial charge in [-0.3, -0.25) is 0 Å². The van der Waals surface area contributed by atoms with Crippen LogP contribution in [-0.4, -0.2) is 19.1 Å². The maximum Gasteiger partial charge on any atom is 0.119 e. The van der Waals surface area contributed by atoms with Crippen LogP contribution in [0.4, 0.5) is 0 Å². The van der Waals surface area contributed by atoms with Crippen LogP contribution >= 0.6 is 11.6 Å². The quantitative estimate of drug-likeness (QED) is 0.574. The Morgan fingerprint density at radius 2 is 1.56 bits per heavy atom. The van der Waals surface area contributed by atoms with E-state index in [1.165, 1.54) is 0 Å². The van der Waals surface area contributed by atoms with Crippen LogP contribution in [0.5, 0.6) is 11.5 Å². The second kappa shape index (κ2) is 6.50. The van der Waals surface area contributed by atoms with Gasteiger partial charge in [0.15, 0.2) is 0 Å². The molecule has 0 heterocycles. The minimum absolute atomic E-state index is 0.630. The van der Waals surface area contributed by atoms with Gasteiger partial charge in [0.25, 0.3) is 0 Å². The summed E-state index contributed by atoms with van der Waals surface area (Å²) in [6.45, 7) is 3.33. The zero-order chi connectivity index (χ0) is 12.8. The Labute approximate surface area is 112 Å². The lowest BCUT2D eigenvalue weighted by Crippen LogP contribution is -1.97. The van der Waals surface area contributed by atoms with Crippen LogP contribution in [0.15, 0.2) is 36.4 Å². The lowest BCUT2D eigenvalue weighted by atomic mass is 10.1. The monoisotopic (exact) mass is 264 g/mol. The molecule has 0 fully saturated rings. The van der Waals surface area contributed by atoms with E-state index in [2.05, 4.69) is 6.07 Å². The predicted molar refractivity (Wildman–Crippen MR) is 75.9 cm³/mol. The molecule has 0 saturated heterocycles. The van der Waals surface area contributed by atoms with Crippen LogP contribution in [0.3, 0.4) is 0 Å². The van der Waals surface area contributed by atoms with Crippen molar-refractivity contribution in [1.29, 1.82) is 0 Å². The van der Waals surface area contributed by atoms with Gasteiger partial charge in [-0.15, -0.1) is 11.6 Å². The summed E-state index contributed by atoms with van der Waals surface area (Å²) in [5.41, 5.74) is 0. The van der Waals surface area contributed by atoms with Gasteiger partial charge in [-0.25, -0.2) is 0 Å². The van der Waals surface area contributed by atoms with Gasteiger partial charge in [-0.05, 0) is 48.4 Å². The van der Waals surface area contributed by atoms with E-state index in [4.69, 9.17) is 21.1 Å². The van der Waals surface area contributed by atoms with Crippen LogP contribution < -0.4 is 9.47 Å². The molecule has 2 aromatic carbocycles. The average molecular weight is 265 g/mol. The highest BCUT2D eigenvalue weighted by Crippen LogP contribution is 2.25. The Kier molecular flexibility index (Phi) is 4.71. The topological polar surface area (TPSA) is 18.5 Å². The van der Waals surface area contributed by atoms with E-state index in [-0.39, 0.29) is 0 Å². The molecule has 0 spiro atoms. The third-order valence-corrected chi connectivity index (χ3v) is 2.91. The van der Waals surface area contributed by atoms with Crippen LogP contribution in [-0.2, 0) is 0 Å². The number of rotatable bonds is 6. The first kappa shape index (κ1) is 13.0. The Morgan fingerprint density at radius 1 is 0.944 bits per heavy atom. The molecule has 0 bridgehead atoms. The number of ether oxygens (including phenoxy) is 2. The number of alkyl halides is 1. The van der Waals surface area contributed by atoms with E-state index in [0.717, 1.165) is 28.7 Å². The Morgan fingerprint density at radius 3 is 2.11 bits per heavy atom. The molecule has 3 heteroatoms. The molecule has 0 aromatic heterocycles. The first-order chi connectivity index (χ1) is 8.83. The normalized spacial score (nSPS) is 10.6. The molecular formula is C15H17ClO2. The number of hydrogen-bond acceptors (Lipinski definition) is 2. The van der Waals surface area contributed by atoms with Crippen LogP contribution in [0.1, 0.15) is 13.3 Å². The van der Waals surface area contributed by atoms with Gasteiger partial charge >= 0.3 is 0 Å². The minimum atomic E-state index is 0.630. The Hall–Kier alpha value is -1.41. The second-order valence-electron chi connectivity index (χ2n) is 3.99. The van der Waals surface area contributed by atoms with Gasteiger partial charge in [0.1, 0.15) is 11.5 Å². The lowest BCUT2D eigenvalue weighted by molar-refractivity contribution is 0.319. The number of fused-ring (bicyclic) bond motifs is 1. The first-order valence-electron chi connectivity index (χ1n) is 6.19. The van der Waals surface area contributed by atoms with Crippen molar-refractivity contribution in [3.05, 3.63) is 36.4 Å². The van der Waals surface area contributed by atoms with Crippen LogP contribution in [0.2, 0.25) is 0 Å². The van der Waals surface area contributed by atoms with E-state index in [0.29, 0.717) is 19.1 Å². The first-order valence-corrected chi connectivity index (χ1v) is 6.72. The summed E-state index contributed by atoms with van der Waals surface area (Å²) in [4.78, 5) is 0. The zero-order valence-electron chi connectivity index (χ0n) is 10.5. The summed E-state index contributed by atoms with van der Waals surface area (Å²) in [6, 6.07) is 12.1. The van der Waals surface area contributed by atoms with E-state index >= 15 is 0 Å². The van der Waals surface area contributed by atoms with Crippen LogP contribution in [0, 0.1) is 0 Å². The standard InChI is InChI=1S/C15H17ClO2/c1-2-17-14-6-4-13-11-15(18-9-3-8-16)7-5-12(13)10-14/h4-7,10-11H,2-3,8-9H2,1H3. The summed E-state index contributed by atoms with van der Waals surface area (Å²) >= 11 is 5.62. The summed E-state index contributed by atoms with van der Waals surface area (Å²) in [5.74, 6) is 2.42. The third kappa shape index (κ3) is 3.30. The zero-order valence-corrected chi connectivity index (χ0v) is 11.2. The van der Waals surface area contributed by atoms with E-state index < -0.39 is 0 Å². The Balaban J connectivity index is 2.16. The molecule has 2 rings (SSSR count). The molecule has 0 unspecified atom stereocenters. The van der Waals surface area contributed by atoms with Crippen molar-refractivity contribution < 1.29 is 9.47 Å².